The Kier molecular flexibility index (Phi) is 5.77. The minimum absolute atomic E-state index is 0.199. The van der Waals surface area contributed by atoms with Crippen LogP contribution in [0.15, 0.2) is 97.2 Å². The molecule has 35 heavy (non-hydrogen) atoms. The van der Waals surface area contributed by atoms with Crippen LogP contribution in [0.5, 0.6) is 11.5 Å². The van der Waals surface area contributed by atoms with Gasteiger partial charge in [0.25, 0.3) is 11.8 Å². The largest absolute Gasteiger partial charge is 0.504 e. The van der Waals surface area contributed by atoms with Crippen LogP contribution in [-0.2, 0) is 11.3 Å². The van der Waals surface area contributed by atoms with Gasteiger partial charge in [-0.15, -0.1) is 0 Å². The number of phenols is 2. The first kappa shape index (κ1) is 22.0. The van der Waals surface area contributed by atoms with Crippen LogP contribution in [0.2, 0.25) is 0 Å². The average molecular weight is 463 g/mol. The van der Waals surface area contributed by atoms with E-state index in [1.165, 1.54) is 12.1 Å². The molecule has 0 aromatic heterocycles. The molecule has 0 atom stereocenters. The highest BCUT2D eigenvalue weighted by Crippen LogP contribution is 2.31. The maximum absolute atomic E-state index is 12.6. The molecule has 4 N–H and O–H groups in total. The molecule has 0 unspecified atom stereocenters. The van der Waals surface area contributed by atoms with Crippen molar-refractivity contribution in [2.75, 3.05) is 0 Å². The number of nitrogens with one attached hydrogen (secondary N) is 2. The van der Waals surface area contributed by atoms with E-state index in [4.69, 9.17) is 0 Å². The fourth-order valence-corrected chi connectivity index (χ4v) is 4.08. The van der Waals surface area contributed by atoms with E-state index in [0.29, 0.717) is 23.2 Å². The van der Waals surface area contributed by atoms with Gasteiger partial charge in [-0.1, -0.05) is 66.7 Å². The Hall–Kier alpha value is -4.84. The lowest BCUT2D eigenvalue weighted by atomic mass is 9.91. The topological polar surface area (TPSA) is 98.7 Å². The molecule has 1 aliphatic heterocycles. The highest BCUT2D eigenvalue weighted by molar-refractivity contribution is 6.31. The Bertz CT molecular complexity index is 1460. The Morgan fingerprint density at radius 1 is 0.657 bits per heavy atom. The van der Waals surface area contributed by atoms with E-state index in [9.17, 15) is 19.8 Å². The molecule has 4 aromatic rings. The van der Waals surface area contributed by atoms with Gasteiger partial charge < -0.3 is 15.5 Å². The summed E-state index contributed by atoms with van der Waals surface area (Å²) in [6.45, 7) is 0.314. The molecule has 1 heterocycles. The van der Waals surface area contributed by atoms with Gasteiger partial charge in [-0.3, -0.25) is 14.9 Å². The van der Waals surface area contributed by atoms with E-state index in [2.05, 4.69) is 22.8 Å². The Morgan fingerprint density at radius 2 is 1.31 bits per heavy atom. The monoisotopic (exact) mass is 462 g/mol. The van der Waals surface area contributed by atoms with Crippen LogP contribution in [0.4, 0.5) is 0 Å². The summed E-state index contributed by atoms with van der Waals surface area (Å²) in [7, 11) is 0. The summed E-state index contributed by atoms with van der Waals surface area (Å²) in [5, 5.41) is 24.6. The Morgan fingerprint density at radius 3 is 2.03 bits per heavy atom. The molecule has 0 aliphatic carbocycles. The predicted molar refractivity (Wildman–Crippen MR) is 134 cm³/mol. The normalized spacial score (nSPS) is 13.9. The molecule has 6 heteroatoms. The number of phenolic OH excluding ortho intramolecular Hbond substituents is 2. The molecule has 172 valence electrons. The number of imide groups is 1. The number of hydrogen-bond acceptors (Lipinski definition) is 5. The van der Waals surface area contributed by atoms with Gasteiger partial charge >= 0.3 is 0 Å². The highest BCUT2D eigenvalue weighted by atomic mass is 16.3. The van der Waals surface area contributed by atoms with Crippen molar-refractivity contribution in [2.24, 2.45) is 0 Å². The van der Waals surface area contributed by atoms with Crippen LogP contribution in [0.25, 0.3) is 27.8 Å². The van der Waals surface area contributed by atoms with E-state index < -0.39 is 11.8 Å². The molecule has 1 aliphatic rings. The molecule has 0 saturated heterocycles. The van der Waals surface area contributed by atoms with Gasteiger partial charge in [0.2, 0.25) is 0 Å². The van der Waals surface area contributed by atoms with Crippen molar-refractivity contribution < 1.29 is 19.8 Å². The molecular formula is C29H22N2O4. The maximum Gasteiger partial charge on any atom is 0.260 e. The molecule has 0 bridgehead atoms. The van der Waals surface area contributed by atoms with Gasteiger partial charge in [-0.2, -0.15) is 0 Å². The standard InChI is InChI=1S/C29H22N2O4/c32-26-13-6-18(14-27(26)33)16-30-17-25-24-15-22(11-12-23(24)28(34)31-29(25)35)21-9-7-20(8-10-21)19-4-2-1-3-5-19/h1-15,17,30,32-33H,16H2,(H,31,34,35). The first-order valence-corrected chi connectivity index (χ1v) is 11.1. The van der Waals surface area contributed by atoms with Crippen molar-refractivity contribution in [3.05, 3.63) is 114 Å². The minimum Gasteiger partial charge on any atom is -0.504 e. The number of aromatic hydroxyl groups is 2. The molecule has 6 nitrogen and oxygen atoms in total. The van der Waals surface area contributed by atoms with Crippen LogP contribution in [-0.4, -0.2) is 22.0 Å². The Labute approximate surface area is 202 Å². The van der Waals surface area contributed by atoms with Crippen LogP contribution in [0.3, 0.4) is 0 Å². The van der Waals surface area contributed by atoms with Crippen molar-refractivity contribution in [3.8, 4) is 33.8 Å². The molecule has 0 spiro atoms. The number of benzene rings is 4. The third-order valence-electron chi connectivity index (χ3n) is 5.94. The average Bonchev–Trinajstić information content (AvgIpc) is 2.88. The lowest BCUT2D eigenvalue weighted by molar-refractivity contribution is -0.114. The molecule has 0 saturated carbocycles. The third-order valence-corrected chi connectivity index (χ3v) is 5.94. The van der Waals surface area contributed by atoms with Crippen LogP contribution >= 0.6 is 0 Å². The van der Waals surface area contributed by atoms with Gasteiger partial charge in [-0.25, -0.2) is 0 Å². The number of rotatable bonds is 5. The number of hydrogen-bond donors (Lipinski definition) is 4. The number of amides is 2. The summed E-state index contributed by atoms with van der Waals surface area (Å²) in [5.74, 6) is -1.33. The molecule has 4 aromatic carbocycles. The van der Waals surface area contributed by atoms with E-state index in [0.717, 1.165) is 27.8 Å². The predicted octanol–water partition coefficient (Wildman–Crippen LogP) is 4.83. The lowest BCUT2D eigenvalue weighted by Gasteiger charge is -2.19. The van der Waals surface area contributed by atoms with Crippen molar-refractivity contribution in [2.45, 2.75) is 6.54 Å². The van der Waals surface area contributed by atoms with E-state index in [-0.39, 0.29) is 11.5 Å². The second-order valence-electron chi connectivity index (χ2n) is 8.25. The summed E-state index contributed by atoms with van der Waals surface area (Å²) in [6.07, 6.45) is 1.56. The highest BCUT2D eigenvalue weighted by Gasteiger charge is 2.27. The van der Waals surface area contributed by atoms with Crippen molar-refractivity contribution in [3.63, 3.8) is 0 Å². The molecule has 5 rings (SSSR count). The first-order valence-electron chi connectivity index (χ1n) is 11.1. The summed E-state index contributed by atoms with van der Waals surface area (Å²) in [6, 6.07) is 28.2. The zero-order valence-corrected chi connectivity index (χ0v) is 18.7. The molecule has 0 fully saturated rings. The van der Waals surface area contributed by atoms with E-state index in [1.807, 2.05) is 54.6 Å². The minimum atomic E-state index is -0.486. The number of fused-ring (bicyclic) bond motifs is 1. The van der Waals surface area contributed by atoms with Gasteiger partial charge in [0.15, 0.2) is 11.5 Å². The summed E-state index contributed by atoms with van der Waals surface area (Å²) < 4.78 is 0. The van der Waals surface area contributed by atoms with Crippen LogP contribution in [0, 0.1) is 0 Å². The molecule has 0 radical (unpaired) electrons. The second kappa shape index (κ2) is 9.19. The fraction of sp³-hybridized carbons (Fsp3) is 0.0345. The zero-order chi connectivity index (χ0) is 24.4. The van der Waals surface area contributed by atoms with Crippen molar-refractivity contribution in [1.82, 2.24) is 10.6 Å². The quantitative estimate of drug-likeness (QED) is 0.193. The maximum atomic E-state index is 12.6. The van der Waals surface area contributed by atoms with Gasteiger partial charge in [-0.05, 0) is 52.1 Å². The molecule has 2 amide bonds. The van der Waals surface area contributed by atoms with E-state index in [1.54, 1.807) is 18.3 Å². The summed E-state index contributed by atoms with van der Waals surface area (Å²) in [4.78, 5) is 25.1. The van der Waals surface area contributed by atoms with Crippen molar-refractivity contribution >= 4 is 17.4 Å². The summed E-state index contributed by atoms with van der Waals surface area (Å²) in [5.41, 5.74) is 6.12. The third kappa shape index (κ3) is 4.50. The zero-order valence-electron chi connectivity index (χ0n) is 18.7. The van der Waals surface area contributed by atoms with Crippen LogP contribution in [0.1, 0.15) is 21.5 Å². The number of carbonyl (C=O) groups excluding carboxylic acids is 2. The second-order valence-corrected chi connectivity index (χ2v) is 8.25. The molecular weight excluding hydrogens is 440 g/mol. The smallest absolute Gasteiger partial charge is 0.260 e. The first-order chi connectivity index (χ1) is 17.0. The van der Waals surface area contributed by atoms with Crippen LogP contribution < -0.4 is 10.6 Å². The van der Waals surface area contributed by atoms with Crippen molar-refractivity contribution in [1.29, 1.82) is 0 Å². The fourth-order valence-electron chi connectivity index (χ4n) is 4.08. The van der Waals surface area contributed by atoms with Gasteiger partial charge in [0.05, 0.1) is 5.57 Å². The number of carbonyl (C=O) groups is 2. The van der Waals surface area contributed by atoms with Gasteiger partial charge in [0.1, 0.15) is 0 Å². The van der Waals surface area contributed by atoms with Gasteiger partial charge in [0, 0.05) is 23.9 Å². The lowest BCUT2D eigenvalue weighted by Crippen LogP contribution is -2.37. The van der Waals surface area contributed by atoms with E-state index >= 15 is 0 Å². The SMILES string of the molecule is O=C1NC(=O)c2ccc(-c3ccc(-c4ccccc4)cc3)cc2C1=CNCc1ccc(O)c(O)c1. The Balaban J connectivity index is 1.44. The summed E-state index contributed by atoms with van der Waals surface area (Å²) >= 11 is 0.